The van der Waals surface area contributed by atoms with Crippen LogP contribution in [0.3, 0.4) is 0 Å². The van der Waals surface area contributed by atoms with E-state index >= 15 is 0 Å². The zero-order valence-electron chi connectivity index (χ0n) is 17.1. The highest BCUT2D eigenvalue weighted by Gasteiger charge is 2.19. The lowest BCUT2D eigenvalue weighted by atomic mass is 10.0. The normalized spacial score (nSPS) is 11.4. The Labute approximate surface area is 175 Å². The first kappa shape index (κ1) is 21.0. The number of carbonyl (C=O) groups is 1. The minimum atomic E-state index is -0.954. The molecule has 0 radical (unpaired) electrons. The first-order chi connectivity index (χ1) is 14.5. The quantitative estimate of drug-likeness (QED) is 0.555. The topological polar surface area (TPSA) is 89.9 Å². The first-order valence-corrected chi connectivity index (χ1v) is 9.35. The molecule has 0 saturated carbocycles. The molecule has 30 heavy (non-hydrogen) atoms. The average Bonchev–Trinajstić information content (AvgIpc) is 2.78. The fourth-order valence-corrected chi connectivity index (χ4v) is 3.02. The number of hydrogen-bond donors (Lipinski definition) is 2. The molecular formula is C23H24N2O5. The van der Waals surface area contributed by atoms with Gasteiger partial charge in [0.2, 0.25) is 5.88 Å². The second-order valence-electron chi connectivity index (χ2n) is 6.60. The van der Waals surface area contributed by atoms with E-state index in [4.69, 9.17) is 14.2 Å². The van der Waals surface area contributed by atoms with E-state index in [1.165, 1.54) is 7.11 Å². The minimum absolute atomic E-state index is 0.304. The van der Waals surface area contributed by atoms with Crippen LogP contribution in [0.2, 0.25) is 0 Å². The van der Waals surface area contributed by atoms with Crippen molar-refractivity contribution >= 4 is 11.7 Å². The number of aliphatic carboxylic acids is 1. The summed E-state index contributed by atoms with van der Waals surface area (Å²) in [5, 5.41) is 12.8. The van der Waals surface area contributed by atoms with Crippen molar-refractivity contribution in [2.24, 2.45) is 0 Å². The smallest absolute Gasteiger partial charge is 0.326 e. The van der Waals surface area contributed by atoms with Crippen LogP contribution in [0.5, 0.6) is 17.4 Å². The summed E-state index contributed by atoms with van der Waals surface area (Å²) < 4.78 is 15.7. The van der Waals surface area contributed by atoms with Gasteiger partial charge in [-0.15, -0.1) is 0 Å². The van der Waals surface area contributed by atoms with E-state index in [0.717, 1.165) is 16.9 Å². The SMILES string of the molecule is COc1ccc(C[C@H](Nc2cc(OC)nc(-c3cccc(OC)c3)c2)C(=O)O)cc1. The summed E-state index contributed by atoms with van der Waals surface area (Å²) in [6.07, 6.45) is 0.304. The highest BCUT2D eigenvalue weighted by Crippen LogP contribution is 2.28. The number of methoxy groups -OCH3 is 3. The Kier molecular flexibility index (Phi) is 6.75. The number of carboxylic acids is 1. The molecule has 7 nitrogen and oxygen atoms in total. The number of benzene rings is 2. The van der Waals surface area contributed by atoms with E-state index < -0.39 is 12.0 Å². The molecule has 2 N–H and O–H groups in total. The van der Waals surface area contributed by atoms with E-state index in [2.05, 4.69) is 10.3 Å². The molecule has 0 unspecified atom stereocenters. The highest BCUT2D eigenvalue weighted by atomic mass is 16.5. The van der Waals surface area contributed by atoms with Gasteiger partial charge in [-0.05, 0) is 35.9 Å². The largest absolute Gasteiger partial charge is 0.497 e. The Balaban J connectivity index is 1.87. The van der Waals surface area contributed by atoms with Crippen LogP contribution in [0, 0.1) is 0 Å². The minimum Gasteiger partial charge on any atom is -0.497 e. The van der Waals surface area contributed by atoms with Gasteiger partial charge in [-0.1, -0.05) is 24.3 Å². The monoisotopic (exact) mass is 408 g/mol. The molecule has 0 spiro atoms. The Morgan fingerprint density at radius 2 is 1.70 bits per heavy atom. The van der Waals surface area contributed by atoms with Crippen LogP contribution < -0.4 is 19.5 Å². The lowest BCUT2D eigenvalue weighted by molar-refractivity contribution is -0.137. The summed E-state index contributed by atoms with van der Waals surface area (Å²) >= 11 is 0. The van der Waals surface area contributed by atoms with Crippen molar-refractivity contribution in [2.75, 3.05) is 26.6 Å². The standard InChI is InChI=1S/C23H24N2O5/c1-28-18-9-7-15(8-10-18)11-21(23(26)27)24-17-13-20(25-22(14-17)30-3)16-5-4-6-19(12-16)29-2/h4-10,12-14,21H,11H2,1-3H3,(H,24,25)(H,26,27)/t21-/m0/s1. The second-order valence-corrected chi connectivity index (χ2v) is 6.60. The Morgan fingerprint density at radius 1 is 0.967 bits per heavy atom. The molecule has 1 aromatic heterocycles. The predicted molar refractivity (Wildman–Crippen MR) is 115 cm³/mol. The number of aromatic nitrogens is 1. The number of pyridine rings is 1. The molecule has 1 atom stereocenters. The summed E-state index contributed by atoms with van der Waals surface area (Å²) in [4.78, 5) is 16.3. The van der Waals surface area contributed by atoms with Gasteiger partial charge in [-0.25, -0.2) is 9.78 Å². The zero-order chi connectivity index (χ0) is 21.5. The van der Waals surface area contributed by atoms with E-state index in [-0.39, 0.29) is 0 Å². The van der Waals surface area contributed by atoms with Crippen LogP contribution in [0.15, 0.2) is 60.7 Å². The third-order valence-electron chi connectivity index (χ3n) is 4.61. The fourth-order valence-electron chi connectivity index (χ4n) is 3.02. The maximum Gasteiger partial charge on any atom is 0.326 e. The molecule has 1 heterocycles. The van der Waals surface area contributed by atoms with Crippen LogP contribution in [-0.2, 0) is 11.2 Å². The van der Waals surface area contributed by atoms with E-state index in [1.54, 1.807) is 26.4 Å². The van der Waals surface area contributed by atoms with Crippen LogP contribution in [0.25, 0.3) is 11.3 Å². The lowest BCUT2D eigenvalue weighted by Crippen LogP contribution is -2.31. The average molecular weight is 408 g/mol. The summed E-state index contributed by atoms with van der Waals surface area (Å²) in [6, 6.07) is 17.4. The van der Waals surface area contributed by atoms with Gasteiger partial charge in [0.05, 0.1) is 27.0 Å². The predicted octanol–water partition coefficient (Wildman–Crippen LogP) is 3.88. The number of rotatable bonds is 9. The van der Waals surface area contributed by atoms with E-state index in [1.807, 2.05) is 48.5 Å². The van der Waals surface area contributed by atoms with Crippen LogP contribution >= 0.6 is 0 Å². The summed E-state index contributed by atoms with van der Waals surface area (Å²) in [5.41, 5.74) is 2.95. The van der Waals surface area contributed by atoms with Crippen molar-refractivity contribution < 1.29 is 24.1 Å². The van der Waals surface area contributed by atoms with Gasteiger partial charge < -0.3 is 24.6 Å². The number of ether oxygens (including phenoxy) is 3. The van der Waals surface area contributed by atoms with Crippen molar-refractivity contribution in [3.8, 4) is 28.6 Å². The van der Waals surface area contributed by atoms with Crippen LogP contribution in [-0.4, -0.2) is 43.4 Å². The molecule has 0 fully saturated rings. The van der Waals surface area contributed by atoms with Gasteiger partial charge >= 0.3 is 5.97 Å². The molecule has 0 aliphatic heterocycles. The number of nitrogens with one attached hydrogen (secondary N) is 1. The molecule has 7 heteroatoms. The fraction of sp³-hybridized carbons (Fsp3) is 0.217. The molecule has 156 valence electrons. The molecule has 0 amide bonds. The lowest BCUT2D eigenvalue weighted by Gasteiger charge is -2.17. The van der Waals surface area contributed by atoms with Gasteiger partial charge in [-0.2, -0.15) is 0 Å². The number of nitrogens with zero attached hydrogens (tertiary/aromatic N) is 1. The van der Waals surface area contributed by atoms with Crippen molar-refractivity contribution in [3.63, 3.8) is 0 Å². The molecular weight excluding hydrogens is 384 g/mol. The van der Waals surface area contributed by atoms with Crippen molar-refractivity contribution in [1.82, 2.24) is 4.98 Å². The van der Waals surface area contributed by atoms with Gasteiger partial charge in [0.15, 0.2) is 0 Å². The van der Waals surface area contributed by atoms with Crippen molar-refractivity contribution in [2.45, 2.75) is 12.5 Å². The van der Waals surface area contributed by atoms with Gasteiger partial charge in [0.1, 0.15) is 17.5 Å². The van der Waals surface area contributed by atoms with Gasteiger partial charge in [0.25, 0.3) is 0 Å². The number of hydrogen-bond acceptors (Lipinski definition) is 6. The second kappa shape index (κ2) is 9.65. The van der Waals surface area contributed by atoms with Gasteiger partial charge in [0, 0.05) is 23.7 Å². The molecule has 2 aromatic carbocycles. The van der Waals surface area contributed by atoms with Crippen LogP contribution in [0.1, 0.15) is 5.56 Å². The molecule has 0 bridgehead atoms. The molecule has 0 saturated heterocycles. The Morgan fingerprint density at radius 3 is 2.33 bits per heavy atom. The summed E-state index contributed by atoms with van der Waals surface area (Å²) in [6.45, 7) is 0. The van der Waals surface area contributed by atoms with Crippen molar-refractivity contribution in [3.05, 3.63) is 66.2 Å². The Hall–Kier alpha value is -3.74. The molecule has 3 rings (SSSR count). The number of carboxylic acid groups (broad SMARTS) is 1. The molecule has 0 aliphatic rings. The first-order valence-electron chi connectivity index (χ1n) is 9.35. The van der Waals surface area contributed by atoms with E-state index in [0.29, 0.717) is 29.4 Å². The summed E-state index contributed by atoms with van der Waals surface area (Å²) in [5.74, 6) is 0.853. The zero-order valence-corrected chi connectivity index (χ0v) is 17.1. The molecule has 3 aromatic rings. The maximum atomic E-state index is 11.9. The third kappa shape index (κ3) is 5.20. The van der Waals surface area contributed by atoms with Crippen LogP contribution in [0.4, 0.5) is 5.69 Å². The van der Waals surface area contributed by atoms with Crippen molar-refractivity contribution in [1.29, 1.82) is 0 Å². The van der Waals surface area contributed by atoms with Gasteiger partial charge in [-0.3, -0.25) is 0 Å². The maximum absolute atomic E-state index is 11.9. The molecule has 0 aliphatic carbocycles. The number of anilines is 1. The van der Waals surface area contributed by atoms with E-state index in [9.17, 15) is 9.90 Å². The highest BCUT2D eigenvalue weighted by molar-refractivity contribution is 5.78. The summed E-state index contributed by atoms with van der Waals surface area (Å²) in [7, 11) is 4.71. The Bertz CT molecular complexity index is 1000. The third-order valence-corrected chi connectivity index (χ3v) is 4.61.